The summed E-state index contributed by atoms with van der Waals surface area (Å²) in [6, 6.07) is 0. The number of aliphatic hydroxyl groups excluding tert-OH is 2. The first-order valence-corrected chi connectivity index (χ1v) is 7.86. The maximum Gasteiger partial charge on any atom is 0.0644 e. The minimum atomic E-state index is 0.193. The highest BCUT2D eigenvalue weighted by atomic mass is 16.3. The minimum Gasteiger partial charge on any atom is -0.396 e. The largest absolute Gasteiger partial charge is 0.396 e. The van der Waals surface area contributed by atoms with Gasteiger partial charge in [-0.3, -0.25) is 0 Å². The van der Waals surface area contributed by atoms with Crippen molar-refractivity contribution in [3.05, 3.63) is 11.6 Å². The summed E-state index contributed by atoms with van der Waals surface area (Å²) >= 11 is 0. The number of hydrogen-bond donors (Lipinski definition) is 2. The Morgan fingerprint density at radius 2 is 1.95 bits per heavy atom. The van der Waals surface area contributed by atoms with E-state index in [1.165, 1.54) is 24.8 Å². The first-order valence-electron chi connectivity index (χ1n) is 7.86. The van der Waals surface area contributed by atoms with Crippen LogP contribution < -0.4 is 0 Å². The van der Waals surface area contributed by atoms with Crippen LogP contribution in [0.1, 0.15) is 59.3 Å². The Balaban J connectivity index is 2.31. The van der Waals surface area contributed by atoms with E-state index in [1.54, 1.807) is 0 Å². The van der Waals surface area contributed by atoms with Gasteiger partial charge in [-0.15, -0.1) is 0 Å². The lowest BCUT2D eigenvalue weighted by atomic mass is 9.48. The van der Waals surface area contributed by atoms with Gasteiger partial charge in [0.15, 0.2) is 0 Å². The lowest BCUT2D eigenvalue weighted by Crippen LogP contribution is -2.49. The molecule has 1 saturated carbocycles. The second kappa shape index (κ2) is 5.57. The highest BCUT2D eigenvalue weighted by Gasteiger charge is 2.51. The van der Waals surface area contributed by atoms with E-state index >= 15 is 0 Å². The number of fused-ring (bicyclic) bond motifs is 1. The summed E-state index contributed by atoms with van der Waals surface area (Å²) in [5.74, 6) is 1.18. The van der Waals surface area contributed by atoms with E-state index in [4.69, 9.17) is 5.11 Å². The standard InChI is InChI=1S/C17H30O2/c1-16(2)9-5-10-17(3)14(6-4-11-18)13(12-19)7-8-15(16)17/h7,14-15,18-19H,4-6,8-12H2,1-3H3/t14?,15?,17-/m1/s1. The molecule has 2 N–H and O–H groups in total. The van der Waals surface area contributed by atoms with Crippen LogP contribution in [-0.2, 0) is 0 Å². The molecule has 2 aliphatic carbocycles. The third-order valence-electron chi connectivity index (χ3n) is 5.97. The highest BCUT2D eigenvalue weighted by Crippen LogP contribution is 2.60. The van der Waals surface area contributed by atoms with Crippen molar-refractivity contribution in [1.82, 2.24) is 0 Å². The SMILES string of the molecule is CC1(C)CCC[C@]2(C)C(CCCO)C(CO)=CCC12. The van der Waals surface area contributed by atoms with Gasteiger partial charge in [-0.2, -0.15) is 0 Å². The Hall–Kier alpha value is -0.340. The fourth-order valence-electron chi connectivity index (χ4n) is 4.99. The predicted molar refractivity (Wildman–Crippen MR) is 78.8 cm³/mol. The molecule has 110 valence electrons. The third-order valence-corrected chi connectivity index (χ3v) is 5.97. The van der Waals surface area contributed by atoms with Crippen molar-refractivity contribution in [2.75, 3.05) is 13.2 Å². The minimum absolute atomic E-state index is 0.193. The van der Waals surface area contributed by atoms with Crippen molar-refractivity contribution in [3.8, 4) is 0 Å². The van der Waals surface area contributed by atoms with Crippen molar-refractivity contribution >= 4 is 0 Å². The van der Waals surface area contributed by atoms with Crippen LogP contribution >= 0.6 is 0 Å². The zero-order valence-electron chi connectivity index (χ0n) is 12.8. The number of aliphatic hydroxyl groups is 2. The third kappa shape index (κ3) is 2.62. The van der Waals surface area contributed by atoms with Gasteiger partial charge in [0.25, 0.3) is 0 Å². The van der Waals surface area contributed by atoms with Crippen LogP contribution in [0.4, 0.5) is 0 Å². The molecule has 3 atom stereocenters. The fourth-order valence-corrected chi connectivity index (χ4v) is 4.99. The van der Waals surface area contributed by atoms with Gasteiger partial charge in [-0.25, -0.2) is 0 Å². The molecule has 0 bridgehead atoms. The molecule has 0 spiro atoms. The summed E-state index contributed by atoms with van der Waals surface area (Å²) < 4.78 is 0. The maximum absolute atomic E-state index is 9.66. The van der Waals surface area contributed by atoms with Crippen LogP contribution in [0.15, 0.2) is 11.6 Å². The average Bonchev–Trinajstić information content (AvgIpc) is 2.35. The number of allylic oxidation sites excluding steroid dienone is 1. The van der Waals surface area contributed by atoms with Crippen molar-refractivity contribution < 1.29 is 10.2 Å². The lowest BCUT2D eigenvalue weighted by Gasteiger charge is -2.57. The second-order valence-corrected chi connectivity index (χ2v) is 7.49. The van der Waals surface area contributed by atoms with Gasteiger partial charge in [0, 0.05) is 6.61 Å². The smallest absolute Gasteiger partial charge is 0.0644 e. The Labute approximate surface area is 117 Å². The maximum atomic E-state index is 9.66. The van der Waals surface area contributed by atoms with E-state index in [9.17, 15) is 5.11 Å². The summed E-state index contributed by atoms with van der Waals surface area (Å²) in [5.41, 5.74) is 1.94. The molecule has 0 heterocycles. The van der Waals surface area contributed by atoms with Crippen molar-refractivity contribution in [1.29, 1.82) is 0 Å². The van der Waals surface area contributed by atoms with Crippen LogP contribution in [-0.4, -0.2) is 23.4 Å². The van der Waals surface area contributed by atoms with Crippen LogP contribution in [0.5, 0.6) is 0 Å². The van der Waals surface area contributed by atoms with Crippen LogP contribution in [0.2, 0.25) is 0 Å². The molecule has 2 unspecified atom stereocenters. The molecule has 0 saturated heterocycles. The highest BCUT2D eigenvalue weighted by molar-refractivity contribution is 5.20. The second-order valence-electron chi connectivity index (χ2n) is 7.49. The molecule has 19 heavy (non-hydrogen) atoms. The molecule has 0 aromatic heterocycles. The molecule has 2 rings (SSSR count). The summed E-state index contributed by atoms with van der Waals surface area (Å²) in [6.07, 6.45) is 9.18. The van der Waals surface area contributed by atoms with E-state index < -0.39 is 0 Å². The molecule has 2 aliphatic rings. The topological polar surface area (TPSA) is 40.5 Å². The Kier molecular flexibility index (Phi) is 4.42. The van der Waals surface area contributed by atoms with E-state index in [2.05, 4.69) is 26.8 Å². The molecular formula is C17H30O2. The van der Waals surface area contributed by atoms with Gasteiger partial charge >= 0.3 is 0 Å². The summed E-state index contributed by atoms with van der Waals surface area (Å²) in [4.78, 5) is 0. The van der Waals surface area contributed by atoms with Crippen molar-refractivity contribution in [2.24, 2.45) is 22.7 Å². The first-order chi connectivity index (χ1) is 8.95. The van der Waals surface area contributed by atoms with E-state index in [0.29, 0.717) is 22.7 Å². The average molecular weight is 266 g/mol. The first kappa shape index (κ1) is 15.1. The number of hydrogen-bond acceptors (Lipinski definition) is 2. The van der Waals surface area contributed by atoms with Crippen LogP contribution in [0, 0.1) is 22.7 Å². The van der Waals surface area contributed by atoms with Gasteiger partial charge in [-0.1, -0.05) is 33.3 Å². The molecule has 0 amide bonds. The molecule has 0 aromatic carbocycles. The zero-order chi connectivity index (χ0) is 14.1. The molecule has 0 aliphatic heterocycles. The Bertz CT molecular complexity index is 345. The van der Waals surface area contributed by atoms with E-state index in [-0.39, 0.29) is 13.2 Å². The van der Waals surface area contributed by atoms with E-state index in [0.717, 1.165) is 19.3 Å². The van der Waals surface area contributed by atoms with Crippen molar-refractivity contribution in [3.63, 3.8) is 0 Å². The summed E-state index contributed by atoms with van der Waals surface area (Å²) in [7, 11) is 0. The molecule has 2 nitrogen and oxygen atoms in total. The summed E-state index contributed by atoms with van der Waals surface area (Å²) in [5, 5.41) is 18.8. The monoisotopic (exact) mass is 266 g/mol. The summed E-state index contributed by atoms with van der Waals surface area (Å²) in [6.45, 7) is 7.72. The van der Waals surface area contributed by atoms with Crippen LogP contribution in [0.25, 0.3) is 0 Å². The van der Waals surface area contributed by atoms with E-state index in [1.807, 2.05) is 0 Å². The molecule has 0 radical (unpaired) electrons. The molecule has 1 fully saturated rings. The Morgan fingerprint density at radius 1 is 1.21 bits per heavy atom. The van der Waals surface area contributed by atoms with Gasteiger partial charge in [0.1, 0.15) is 0 Å². The Morgan fingerprint density at radius 3 is 2.58 bits per heavy atom. The number of rotatable bonds is 4. The van der Waals surface area contributed by atoms with Crippen LogP contribution in [0.3, 0.4) is 0 Å². The molecular weight excluding hydrogens is 236 g/mol. The molecule has 0 aromatic rings. The quantitative estimate of drug-likeness (QED) is 0.764. The van der Waals surface area contributed by atoms with Gasteiger partial charge < -0.3 is 10.2 Å². The zero-order valence-corrected chi connectivity index (χ0v) is 12.8. The van der Waals surface area contributed by atoms with Crippen molar-refractivity contribution in [2.45, 2.75) is 59.3 Å². The lowest BCUT2D eigenvalue weighted by molar-refractivity contribution is -0.0433. The normalized spacial score (nSPS) is 37.6. The van der Waals surface area contributed by atoms with Gasteiger partial charge in [0.05, 0.1) is 6.61 Å². The van der Waals surface area contributed by atoms with Gasteiger partial charge in [0.2, 0.25) is 0 Å². The fraction of sp³-hybridized carbons (Fsp3) is 0.882. The van der Waals surface area contributed by atoms with Gasteiger partial charge in [-0.05, 0) is 60.3 Å². The molecule has 2 heteroatoms. The predicted octanol–water partition coefficient (Wildman–Crippen LogP) is 3.53.